The lowest BCUT2D eigenvalue weighted by Crippen LogP contribution is -2.41. The molecule has 0 spiro atoms. The summed E-state index contributed by atoms with van der Waals surface area (Å²) in [6.07, 6.45) is 4.21. The number of rotatable bonds is 6. The van der Waals surface area contributed by atoms with E-state index in [-0.39, 0.29) is 11.8 Å². The van der Waals surface area contributed by atoms with Gasteiger partial charge in [-0.2, -0.15) is 0 Å². The molecule has 1 saturated heterocycles. The van der Waals surface area contributed by atoms with E-state index in [1.54, 1.807) is 0 Å². The van der Waals surface area contributed by atoms with Crippen molar-refractivity contribution in [3.8, 4) is 5.75 Å². The average molecular weight is 407 g/mol. The normalized spacial score (nSPS) is 18.7. The van der Waals surface area contributed by atoms with Gasteiger partial charge >= 0.3 is 0 Å². The maximum Gasteiger partial charge on any atom is 0.253 e. The van der Waals surface area contributed by atoms with Gasteiger partial charge in [0.2, 0.25) is 0 Å². The van der Waals surface area contributed by atoms with Gasteiger partial charge in [-0.15, -0.1) is 0 Å². The number of nitrogens with one attached hydrogen (secondary N) is 1. The maximum absolute atomic E-state index is 13.0. The Morgan fingerprint density at radius 3 is 2.37 bits per heavy atom. The molecule has 5 nitrogen and oxygen atoms in total. The van der Waals surface area contributed by atoms with Crippen LogP contribution in [0, 0.1) is 19.8 Å². The largest absolute Gasteiger partial charge is 0.493 e. The number of ether oxygens (including phenoxy) is 1. The third-order valence-corrected chi connectivity index (χ3v) is 5.79. The minimum Gasteiger partial charge on any atom is -0.493 e. The van der Waals surface area contributed by atoms with E-state index in [9.17, 15) is 9.59 Å². The smallest absolute Gasteiger partial charge is 0.253 e. The van der Waals surface area contributed by atoms with Crippen molar-refractivity contribution in [2.45, 2.75) is 45.6 Å². The highest BCUT2D eigenvalue weighted by molar-refractivity contribution is 5.95. The van der Waals surface area contributed by atoms with Gasteiger partial charge in [-0.25, -0.2) is 0 Å². The summed E-state index contributed by atoms with van der Waals surface area (Å²) >= 11 is 0. The molecule has 2 fully saturated rings. The van der Waals surface area contributed by atoms with Gasteiger partial charge in [0.05, 0.1) is 6.61 Å². The number of hydrogen-bond acceptors (Lipinski definition) is 3. The van der Waals surface area contributed by atoms with E-state index in [4.69, 9.17) is 4.74 Å². The van der Waals surface area contributed by atoms with E-state index < -0.39 is 0 Å². The Kier molecular flexibility index (Phi) is 6.07. The first kappa shape index (κ1) is 20.5. The number of carbonyl (C=O) groups excluding carboxylic acids is 2. The van der Waals surface area contributed by atoms with E-state index >= 15 is 0 Å². The number of carbonyl (C=O) groups is 2. The lowest BCUT2D eigenvalue weighted by molar-refractivity contribution is 0.0633. The van der Waals surface area contributed by atoms with Crippen molar-refractivity contribution in [3.05, 3.63) is 64.7 Å². The fraction of sp³-hybridized carbons (Fsp3) is 0.440. The first-order chi connectivity index (χ1) is 14.5. The first-order valence-corrected chi connectivity index (χ1v) is 10.9. The SMILES string of the molecule is Cc1cc(C)cc(C(=O)N2CCCC(COc3ccc(C(=O)NC4CC4)cc3)C2)c1. The predicted octanol–water partition coefficient (Wildman–Crippen LogP) is 4.13. The zero-order valence-electron chi connectivity index (χ0n) is 17.8. The summed E-state index contributed by atoms with van der Waals surface area (Å²) in [6.45, 7) is 6.14. The summed E-state index contributed by atoms with van der Waals surface area (Å²) in [5, 5.41) is 2.99. The second-order valence-electron chi connectivity index (χ2n) is 8.72. The molecule has 1 unspecified atom stereocenters. The first-order valence-electron chi connectivity index (χ1n) is 10.9. The molecule has 0 bridgehead atoms. The second kappa shape index (κ2) is 8.90. The maximum atomic E-state index is 13.0. The molecule has 5 heteroatoms. The minimum atomic E-state index is -0.0168. The van der Waals surface area contributed by atoms with Crippen LogP contribution in [0.4, 0.5) is 0 Å². The van der Waals surface area contributed by atoms with Crippen LogP contribution in [-0.4, -0.2) is 42.5 Å². The van der Waals surface area contributed by atoms with E-state index in [0.717, 1.165) is 54.7 Å². The van der Waals surface area contributed by atoms with E-state index in [1.807, 2.05) is 55.1 Å². The molecule has 2 aromatic carbocycles. The third kappa shape index (κ3) is 5.21. The van der Waals surface area contributed by atoms with Crippen LogP contribution in [0.25, 0.3) is 0 Å². The van der Waals surface area contributed by atoms with Crippen molar-refractivity contribution in [3.63, 3.8) is 0 Å². The van der Waals surface area contributed by atoms with Gasteiger partial charge in [0, 0.05) is 36.2 Å². The summed E-state index contributed by atoms with van der Waals surface area (Å²) < 4.78 is 5.98. The van der Waals surface area contributed by atoms with Crippen LogP contribution in [0.3, 0.4) is 0 Å². The molecular formula is C25H30N2O3. The zero-order valence-corrected chi connectivity index (χ0v) is 17.8. The standard InChI is InChI=1S/C25H30N2O3/c1-17-12-18(2)14-21(13-17)25(29)27-11-3-4-19(15-27)16-30-23-9-5-20(6-10-23)24(28)26-22-7-8-22/h5-6,9-10,12-14,19,22H,3-4,7-8,11,15-16H2,1-2H3,(H,26,28). The molecule has 4 rings (SSSR count). The Morgan fingerprint density at radius 1 is 1.00 bits per heavy atom. The van der Waals surface area contributed by atoms with Crippen molar-refractivity contribution in [1.29, 1.82) is 0 Å². The molecular weight excluding hydrogens is 376 g/mol. The van der Waals surface area contributed by atoms with Gasteiger partial charge in [0.15, 0.2) is 0 Å². The molecule has 158 valence electrons. The van der Waals surface area contributed by atoms with Gasteiger partial charge in [0.25, 0.3) is 11.8 Å². The van der Waals surface area contributed by atoms with Crippen LogP contribution in [0.2, 0.25) is 0 Å². The Balaban J connectivity index is 1.30. The Bertz CT molecular complexity index is 898. The van der Waals surface area contributed by atoms with E-state index in [2.05, 4.69) is 11.4 Å². The van der Waals surface area contributed by atoms with Crippen LogP contribution in [0.5, 0.6) is 5.75 Å². The molecule has 2 aliphatic rings. The minimum absolute atomic E-state index is 0.0168. The van der Waals surface area contributed by atoms with Gasteiger partial charge in [-0.05, 0) is 75.9 Å². The molecule has 1 heterocycles. The molecule has 0 aromatic heterocycles. The summed E-state index contributed by atoms with van der Waals surface area (Å²) in [7, 11) is 0. The quantitative estimate of drug-likeness (QED) is 0.785. The highest BCUT2D eigenvalue weighted by Gasteiger charge is 2.26. The predicted molar refractivity (Wildman–Crippen MR) is 117 cm³/mol. The molecule has 2 amide bonds. The van der Waals surface area contributed by atoms with E-state index in [1.165, 1.54) is 0 Å². The van der Waals surface area contributed by atoms with Crippen molar-refractivity contribution in [2.24, 2.45) is 5.92 Å². The number of hydrogen-bond donors (Lipinski definition) is 1. The molecule has 1 N–H and O–H groups in total. The highest BCUT2D eigenvalue weighted by atomic mass is 16.5. The summed E-state index contributed by atoms with van der Waals surface area (Å²) in [5.74, 6) is 1.16. The molecule has 1 saturated carbocycles. The van der Waals surface area contributed by atoms with Crippen molar-refractivity contribution < 1.29 is 14.3 Å². The summed E-state index contributed by atoms with van der Waals surface area (Å²) in [6, 6.07) is 13.7. The molecule has 1 atom stereocenters. The zero-order chi connectivity index (χ0) is 21.1. The summed E-state index contributed by atoms with van der Waals surface area (Å²) in [5.41, 5.74) is 3.67. The Labute approximate surface area is 178 Å². The fourth-order valence-corrected chi connectivity index (χ4v) is 4.08. The Hall–Kier alpha value is -2.82. The van der Waals surface area contributed by atoms with Crippen molar-refractivity contribution in [1.82, 2.24) is 10.2 Å². The second-order valence-corrected chi connectivity index (χ2v) is 8.72. The van der Waals surface area contributed by atoms with Crippen LogP contribution < -0.4 is 10.1 Å². The molecule has 2 aromatic rings. The van der Waals surface area contributed by atoms with Crippen LogP contribution in [0.15, 0.2) is 42.5 Å². The fourth-order valence-electron chi connectivity index (χ4n) is 4.08. The van der Waals surface area contributed by atoms with Crippen LogP contribution >= 0.6 is 0 Å². The van der Waals surface area contributed by atoms with Crippen molar-refractivity contribution in [2.75, 3.05) is 19.7 Å². The monoisotopic (exact) mass is 406 g/mol. The van der Waals surface area contributed by atoms with Gasteiger partial charge in [0.1, 0.15) is 5.75 Å². The molecule has 1 aliphatic heterocycles. The molecule has 0 radical (unpaired) electrons. The van der Waals surface area contributed by atoms with Gasteiger partial charge in [-0.1, -0.05) is 17.2 Å². The topological polar surface area (TPSA) is 58.6 Å². The number of amides is 2. The molecule has 30 heavy (non-hydrogen) atoms. The van der Waals surface area contributed by atoms with Gasteiger partial charge < -0.3 is 15.0 Å². The van der Waals surface area contributed by atoms with Crippen molar-refractivity contribution >= 4 is 11.8 Å². The summed E-state index contributed by atoms with van der Waals surface area (Å²) in [4.78, 5) is 27.0. The van der Waals surface area contributed by atoms with Gasteiger partial charge in [-0.3, -0.25) is 9.59 Å². The number of benzene rings is 2. The highest BCUT2D eigenvalue weighted by Crippen LogP contribution is 2.22. The lowest BCUT2D eigenvalue weighted by atomic mass is 9.97. The van der Waals surface area contributed by atoms with E-state index in [0.29, 0.717) is 30.7 Å². The van der Waals surface area contributed by atoms with Crippen LogP contribution in [0.1, 0.15) is 57.5 Å². The molecule has 1 aliphatic carbocycles. The number of likely N-dealkylation sites (tertiary alicyclic amines) is 1. The lowest BCUT2D eigenvalue weighted by Gasteiger charge is -2.33. The number of nitrogens with zero attached hydrogens (tertiary/aromatic N) is 1. The number of piperidine rings is 1. The van der Waals surface area contributed by atoms with Crippen LogP contribution in [-0.2, 0) is 0 Å². The number of aryl methyl sites for hydroxylation is 2. The third-order valence-electron chi connectivity index (χ3n) is 5.79. The average Bonchev–Trinajstić information content (AvgIpc) is 3.55. The Morgan fingerprint density at radius 2 is 1.70 bits per heavy atom.